The van der Waals surface area contributed by atoms with Crippen LogP contribution in [0.5, 0.6) is 0 Å². The van der Waals surface area contributed by atoms with E-state index < -0.39 is 0 Å². The molecule has 1 fully saturated rings. The van der Waals surface area contributed by atoms with Crippen LogP contribution in [0.3, 0.4) is 0 Å². The molecule has 2 N–H and O–H groups in total. The molecule has 1 saturated heterocycles. The lowest BCUT2D eigenvalue weighted by Gasteiger charge is -2.25. The van der Waals surface area contributed by atoms with Gasteiger partial charge in [0.25, 0.3) is 0 Å². The van der Waals surface area contributed by atoms with Gasteiger partial charge in [0.15, 0.2) is 0 Å². The summed E-state index contributed by atoms with van der Waals surface area (Å²) < 4.78 is 5.13. The molecule has 2 rings (SSSR count). The number of nitrogens with one attached hydrogen (secondary N) is 2. The van der Waals surface area contributed by atoms with Gasteiger partial charge in [0.1, 0.15) is 0 Å². The average Bonchev–Trinajstić information content (AvgIpc) is 2.96. The van der Waals surface area contributed by atoms with E-state index in [1.54, 1.807) is 7.11 Å². The smallest absolute Gasteiger partial charge is 0.227 e. The fourth-order valence-corrected chi connectivity index (χ4v) is 2.77. The summed E-state index contributed by atoms with van der Waals surface area (Å²) in [4.78, 5) is 12.4. The quantitative estimate of drug-likeness (QED) is 0.833. The SMILES string of the molecule is CCC1(C(=O)NCc2cccc(COC)c2)CCNC1. The Morgan fingerprint density at radius 1 is 1.45 bits per heavy atom. The Morgan fingerprint density at radius 2 is 2.25 bits per heavy atom. The molecule has 1 amide bonds. The fourth-order valence-electron chi connectivity index (χ4n) is 2.77. The number of hydrogen-bond donors (Lipinski definition) is 2. The minimum atomic E-state index is -0.218. The molecule has 1 aliphatic heterocycles. The van der Waals surface area contributed by atoms with Crippen molar-refractivity contribution in [3.05, 3.63) is 35.4 Å². The Kier molecular flexibility index (Phi) is 5.15. The third-order valence-electron chi connectivity index (χ3n) is 4.16. The molecule has 20 heavy (non-hydrogen) atoms. The molecule has 1 heterocycles. The van der Waals surface area contributed by atoms with Crippen LogP contribution in [-0.2, 0) is 22.7 Å². The summed E-state index contributed by atoms with van der Waals surface area (Å²) in [7, 11) is 1.69. The third-order valence-corrected chi connectivity index (χ3v) is 4.16. The second-order valence-electron chi connectivity index (χ2n) is 5.50. The lowest BCUT2D eigenvalue weighted by Crippen LogP contribution is -2.41. The average molecular weight is 276 g/mol. The molecule has 0 aliphatic carbocycles. The highest BCUT2D eigenvalue weighted by Crippen LogP contribution is 2.29. The first kappa shape index (κ1) is 15.0. The number of carbonyl (C=O) groups is 1. The van der Waals surface area contributed by atoms with E-state index >= 15 is 0 Å². The zero-order valence-electron chi connectivity index (χ0n) is 12.4. The lowest BCUT2D eigenvalue weighted by molar-refractivity contribution is -0.130. The number of amides is 1. The van der Waals surface area contributed by atoms with E-state index in [2.05, 4.69) is 23.6 Å². The van der Waals surface area contributed by atoms with Crippen LogP contribution < -0.4 is 10.6 Å². The monoisotopic (exact) mass is 276 g/mol. The minimum Gasteiger partial charge on any atom is -0.380 e. The molecule has 0 radical (unpaired) electrons. The van der Waals surface area contributed by atoms with Gasteiger partial charge in [0.2, 0.25) is 5.91 Å². The highest BCUT2D eigenvalue weighted by Gasteiger charge is 2.39. The van der Waals surface area contributed by atoms with E-state index in [9.17, 15) is 4.79 Å². The Labute approximate surface area is 120 Å². The van der Waals surface area contributed by atoms with Crippen molar-refractivity contribution in [2.24, 2.45) is 5.41 Å². The summed E-state index contributed by atoms with van der Waals surface area (Å²) >= 11 is 0. The van der Waals surface area contributed by atoms with Crippen LogP contribution in [0.4, 0.5) is 0 Å². The van der Waals surface area contributed by atoms with Gasteiger partial charge < -0.3 is 15.4 Å². The van der Waals surface area contributed by atoms with Gasteiger partial charge in [0.05, 0.1) is 12.0 Å². The van der Waals surface area contributed by atoms with Gasteiger partial charge in [-0.2, -0.15) is 0 Å². The molecular formula is C16H24N2O2. The van der Waals surface area contributed by atoms with Crippen molar-refractivity contribution in [1.82, 2.24) is 10.6 Å². The molecule has 110 valence electrons. The number of carbonyl (C=O) groups excluding carboxylic acids is 1. The largest absolute Gasteiger partial charge is 0.380 e. The highest BCUT2D eigenvalue weighted by molar-refractivity contribution is 5.83. The highest BCUT2D eigenvalue weighted by atomic mass is 16.5. The van der Waals surface area contributed by atoms with Crippen LogP contribution in [0.2, 0.25) is 0 Å². The van der Waals surface area contributed by atoms with E-state index in [0.717, 1.165) is 37.1 Å². The van der Waals surface area contributed by atoms with Gasteiger partial charge in [-0.1, -0.05) is 31.2 Å². The summed E-state index contributed by atoms with van der Waals surface area (Å²) in [6, 6.07) is 8.14. The number of methoxy groups -OCH3 is 1. The summed E-state index contributed by atoms with van der Waals surface area (Å²) in [5, 5.41) is 6.37. The number of rotatable bonds is 6. The first-order chi connectivity index (χ1) is 9.70. The zero-order valence-corrected chi connectivity index (χ0v) is 12.4. The summed E-state index contributed by atoms with van der Waals surface area (Å²) in [6.07, 6.45) is 1.81. The summed E-state index contributed by atoms with van der Waals surface area (Å²) in [5.41, 5.74) is 2.03. The van der Waals surface area contributed by atoms with E-state index in [0.29, 0.717) is 13.2 Å². The second-order valence-corrected chi connectivity index (χ2v) is 5.50. The van der Waals surface area contributed by atoms with Crippen LogP contribution in [-0.4, -0.2) is 26.1 Å². The Morgan fingerprint density at radius 3 is 2.90 bits per heavy atom. The van der Waals surface area contributed by atoms with Gasteiger partial charge in [-0.05, 0) is 30.5 Å². The van der Waals surface area contributed by atoms with Crippen molar-refractivity contribution in [1.29, 1.82) is 0 Å². The van der Waals surface area contributed by atoms with E-state index in [4.69, 9.17) is 4.74 Å². The third kappa shape index (κ3) is 3.38. The first-order valence-electron chi connectivity index (χ1n) is 7.26. The molecule has 1 aliphatic rings. The van der Waals surface area contributed by atoms with Gasteiger partial charge in [0, 0.05) is 20.2 Å². The molecular weight excluding hydrogens is 252 g/mol. The molecule has 0 aromatic heterocycles. The Balaban J connectivity index is 1.94. The molecule has 1 atom stereocenters. The summed E-state index contributed by atoms with van der Waals surface area (Å²) in [6.45, 7) is 5.00. The van der Waals surface area contributed by atoms with Crippen LogP contribution in [0, 0.1) is 5.41 Å². The lowest BCUT2D eigenvalue weighted by atomic mass is 9.83. The van der Waals surface area contributed by atoms with Gasteiger partial charge in [-0.15, -0.1) is 0 Å². The standard InChI is InChI=1S/C16H24N2O2/c1-3-16(7-8-17-12-16)15(19)18-10-13-5-4-6-14(9-13)11-20-2/h4-6,9,17H,3,7-8,10-12H2,1-2H3,(H,18,19). The van der Waals surface area contributed by atoms with Crippen molar-refractivity contribution >= 4 is 5.91 Å². The topological polar surface area (TPSA) is 50.4 Å². The predicted octanol–water partition coefficient (Wildman–Crippen LogP) is 1.84. The van der Waals surface area contributed by atoms with Gasteiger partial charge in [-0.25, -0.2) is 0 Å². The van der Waals surface area contributed by atoms with Gasteiger partial charge in [-0.3, -0.25) is 4.79 Å². The molecule has 4 nitrogen and oxygen atoms in total. The van der Waals surface area contributed by atoms with E-state index in [-0.39, 0.29) is 11.3 Å². The second kappa shape index (κ2) is 6.86. The van der Waals surface area contributed by atoms with Gasteiger partial charge >= 0.3 is 0 Å². The van der Waals surface area contributed by atoms with Crippen molar-refractivity contribution in [3.8, 4) is 0 Å². The predicted molar refractivity (Wildman–Crippen MR) is 79.2 cm³/mol. The van der Waals surface area contributed by atoms with Crippen LogP contribution >= 0.6 is 0 Å². The number of ether oxygens (including phenoxy) is 1. The maximum atomic E-state index is 12.4. The van der Waals surface area contributed by atoms with E-state index in [1.807, 2.05) is 18.2 Å². The van der Waals surface area contributed by atoms with Crippen LogP contribution in [0.1, 0.15) is 30.9 Å². The minimum absolute atomic E-state index is 0.169. The molecule has 1 aromatic rings. The van der Waals surface area contributed by atoms with Crippen LogP contribution in [0.25, 0.3) is 0 Å². The maximum absolute atomic E-state index is 12.4. The number of hydrogen-bond acceptors (Lipinski definition) is 3. The van der Waals surface area contributed by atoms with Crippen molar-refractivity contribution in [3.63, 3.8) is 0 Å². The van der Waals surface area contributed by atoms with Crippen molar-refractivity contribution < 1.29 is 9.53 Å². The first-order valence-corrected chi connectivity index (χ1v) is 7.26. The van der Waals surface area contributed by atoms with Crippen LogP contribution in [0.15, 0.2) is 24.3 Å². The van der Waals surface area contributed by atoms with Crippen molar-refractivity contribution in [2.75, 3.05) is 20.2 Å². The molecule has 1 aromatic carbocycles. The van der Waals surface area contributed by atoms with E-state index in [1.165, 1.54) is 0 Å². The molecule has 0 bridgehead atoms. The molecule has 4 heteroatoms. The maximum Gasteiger partial charge on any atom is 0.227 e. The Bertz CT molecular complexity index is 454. The zero-order chi connectivity index (χ0) is 14.4. The number of benzene rings is 1. The fraction of sp³-hybridized carbons (Fsp3) is 0.562. The summed E-state index contributed by atoms with van der Waals surface area (Å²) in [5.74, 6) is 0.169. The molecule has 1 unspecified atom stereocenters. The molecule has 0 saturated carbocycles. The normalized spacial score (nSPS) is 21.9. The molecule has 0 spiro atoms. The van der Waals surface area contributed by atoms with Crippen molar-refractivity contribution in [2.45, 2.75) is 32.9 Å². The Hall–Kier alpha value is -1.39.